The van der Waals surface area contributed by atoms with Crippen LogP contribution in [0, 0.1) is 0 Å². The van der Waals surface area contributed by atoms with E-state index >= 15 is 0 Å². The zero-order valence-corrected chi connectivity index (χ0v) is 8.92. The Labute approximate surface area is 79.9 Å². The third-order valence-corrected chi connectivity index (χ3v) is 2.19. The van der Waals surface area contributed by atoms with Crippen molar-refractivity contribution >= 4 is 21.7 Å². The SMILES string of the molecule is CC(=O)c1cn(C(C)C)c(Br)n1. The molecule has 0 aliphatic heterocycles. The Balaban J connectivity index is 3.09. The van der Waals surface area contributed by atoms with Crippen LogP contribution in [0.2, 0.25) is 0 Å². The average Bonchev–Trinajstić information content (AvgIpc) is 2.30. The molecule has 0 aromatic carbocycles. The number of hydrogen-bond acceptors (Lipinski definition) is 2. The maximum atomic E-state index is 10.9. The summed E-state index contributed by atoms with van der Waals surface area (Å²) < 4.78 is 2.62. The van der Waals surface area contributed by atoms with Gasteiger partial charge >= 0.3 is 0 Å². The van der Waals surface area contributed by atoms with E-state index in [1.54, 1.807) is 6.20 Å². The van der Waals surface area contributed by atoms with E-state index in [-0.39, 0.29) is 5.78 Å². The van der Waals surface area contributed by atoms with Crippen molar-refractivity contribution in [1.29, 1.82) is 0 Å². The fourth-order valence-electron chi connectivity index (χ4n) is 0.903. The molecule has 0 bridgehead atoms. The van der Waals surface area contributed by atoms with Crippen molar-refractivity contribution in [2.75, 3.05) is 0 Å². The quantitative estimate of drug-likeness (QED) is 0.732. The molecule has 12 heavy (non-hydrogen) atoms. The van der Waals surface area contributed by atoms with Crippen LogP contribution in [0.15, 0.2) is 10.9 Å². The largest absolute Gasteiger partial charge is 0.322 e. The van der Waals surface area contributed by atoms with E-state index in [1.165, 1.54) is 6.92 Å². The second-order valence-electron chi connectivity index (χ2n) is 2.95. The molecule has 0 aliphatic carbocycles. The van der Waals surface area contributed by atoms with Crippen LogP contribution in [-0.4, -0.2) is 15.3 Å². The highest BCUT2D eigenvalue weighted by molar-refractivity contribution is 9.10. The van der Waals surface area contributed by atoms with Crippen molar-refractivity contribution in [3.05, 3.63) is 16.6 Å². The second-order valence-corrected chi connectivity index (χ2v) is 3.66. The number of halogens is 1. The van der Waals surface area contributed by atoms with E-state index in [0.29, 0.717) is 16.5 Å². The molecule has 0 N–H and O–H groups in total. The van der Waals surface area contributed by atoms with E-state index in [1.807, 2.05) is 18.4 Å². The normalized spacial score (nSPS) is 10.8. The van der Waals surface area contributed by atoms with Gasteiger partial charge in [-0.15, -0.1) is 0 Å². The molecule has 1 aromatic heterocycles. The summed E-state index contributed by atoms with van der Waals surface area (Å²) in [7, 11) is 0. The van der Waals surface area contributed by atoms with Gasteiger partial charge in [0.1, 0.15) is 5.69 Å². The lowest BCUT2D eigenvalue weighted by Gasteiger charge is -2.05. The van der Waals surface area contributed by atoms with Crippen LogP contribution >= 0.6 is 15.9 Å². The summed E-state index contributed by atoms with van der Waals surface area (Å²) in [5.41, 5.74) is 0.510. The monoisotopic (exact) mass is 230 g/mol. The minimum atomic E-state index is -0.00454. The summed E-state index contributed by atoms with van der Waals surface area (Å²) >= 11 is 3.29. The Bertz CT molecular complexity index is 304. The lowest BCUT2D eigenvalue weighted by Crippen LogP contribution is -1.98. The number of imidazole rings is 1. The van der Waals surface area contributed by atoms with Crippen LogP contribution in [0.4, 0.5) is 0 Å². The minimum absolute atomic E-state index is 0.00454. The Morgan fingerprint density at radius 3 is 2.50 bits per heavy atom. The first-order valence-corrected chi connectivity index (χ1v) is 4.57. The smallest absolute Gasteiger partial charge is 0.179 e. The zero-order chi connectivity index (χ0) is 9.30. The molecule has 3 nitrogen and oxygen atoms in total. The summed E-state index contributed by atoms with van der Waals surface area (Å²) in [6.07, 6.45) is 1.76. The molecule has 0 unspecified atom stereocenters. The number of aromatic nitrogens is 2. The molecular weight excluding hydrogens is 220 g/mol. The highest BCUT2D eigenvalue weighted by atomic mass is 79.9. The Kier molecular flexibility index (Phi) is 2.67. The van der Waals surface area contributed by atoms with Crippen molar-refractivity contribution in [2.24, 2.45) is 0 Å². The average molecular weight is 231 g/mol. The van der Waals surface area contributed by atoms with Gasteiger partial charge in [-0.2, -0.15) is 0 Å². The van der Waals surface area contributed by atoms with Crippen LogP contribution in [0.1, 0.15) is 37.3 Å². The molecule has 0 atom stereocenters. The topological polar surface area (TPSA) is 34.9 Å². The number of ketones is 1. The molecule has 0 saturated heterocycles. The Morgan fingerprint density at radius 2 is 2.25 bits per heavy atom. The van der Waals surface area contributed by atoms with E-state index in [4.69, 9.17) is 0 Å². The predicted molar refractivity (Wildman–Crippen MR) is 50.3 cm³/mol. The molecular formula is C8H11BrN2O. The van der Waals surface area contributed by atoms with Gasteiger partial charge in [-0.1, -0.05) is 0 Å². The predicted octanol–water partition coefficient (Wildman–Crippen LogP) is 2.43. The van der Waals surface area contributed by atoms with Gasteiger partial charge in [-0.05, 0) is 29.8 Å². The van der Waals surface area contributed by atoms with Crippen molar-refractivity contribution in [1.82, 2.24) is 9.55 Å². The molecule has 0 radical (unpaired) electrons. The van der Waals surface area contributed by atoms with Gasteiger partial charge < -0.3 is 4.57 Å². The van der Waals surface area contributed by atoms with Gasteiger partial charge in [0.05, 0.1) is 0 Å². The highest BCUT2D eigenvalue weighted by Crippen LogP contribution is 2.16. The van der Waals surface area contributed by atoms with E-state index in [9.17, 15) is 4.79 Å². The fraction of sp³-hybridized carbons (Fsp3) is 0.500. The van der Waals surface area contributed by atoms with E-state index < -0.39 is 0 Å². The van der Waals surface area contributed by atoms with Crippen LogP contribution in [0.3, 0.4) is 0 Å². The van der Waals surface area contributed by atoms with Crippen molar-refractivity contribution < 1.29 is 4.79 Å². The van der Waals surface area contributed by atoms with E-state index in [0.717, 1.165) is 0 Å². The molecule has 0 amide bonds. The van der Waals surface area contributed by atoms with Gasteiger partial charge in [-0.25, -0.2) is 4.98 Å². The molecule has 0 spiro atoms. The molecule has 4 heteroatoms. The Hall–Kier alpha value is -0.640. The third-order valence-electron chi connectivity index (χ3n) is 1.60. The molecule has 66 valence electrons. The summed E-state index contributed by atoms with van der Waals surface area (Å²) in [6, 6.07) is 0.319. The lowest BCUT2D eigenvalue weighted by molar-refractivity contribution is 0.101. The number of nitrogens with zero attached hydrogens (tertiary/aromatic N) is 2. The van der Waals surface area contributed by atoms with Crippen molar-refractivity contribution in [2.45, 2.75) is 26.8 Å². The molecule has 1 rings (SSSR count). The molecule has 1 heterocycles. The number of hydrogen-bond donors (Lipinski definition) is 0. The summed E-state index contributed by atoms with van der Waals surface area (Å²) in [5.74, 6) is -0.00454. The first-order valence-electron chi connectivity index (χ1n) is 3.77. The third kappa shape index (κ3) is 1.75. The van der Waals surface area contributed by atoms with Gasteiger partial charge in [0.25, 0.3) is 0 Å². The summed E-state index contributed by atoms with van der Waals surface area (Å²) in [4.78, 5) is 15.0. The standard InChI is InChI=1S/C8H11BrN2O/c1-5(2)11-4-7(6(3)12)10-8(11)9/h4-5H,1-3H3. The maximum absolute atomic E-state index is 10.9. The van der Waals surface area contributed by atoms with E-state index in [2.05, 4.69) is 20.9 Å². The van der Waals surface area contributed by atoms with Crippen LogP contribution in [-0.2, 0) is 0 Å². The first kappa shape index (κ1) is 9.45. The van der Waals surface area contributed by atoms with Crippen molar-refractivity contribution in [3.63, 3.8) is 0 Å². The zero-order valence-electron chi connectivity index (χ0n) is 7.34. The van der Waals surface area contributed by atoms with Gasteiger partial charge in [0.15, 0.2) is 10.5 Å². The van der Waals surface area contributed by atoms with Crippen LogP contribution in [0.25, 0.3) is 0 Å². The maximum Gasteiger partial charge on any atom is 0.179 e. The fourth-order valence-corrected chi connectivity index (χ4v) is 1.61. The first-order chi connectivity index (χ1) is 5.52. The molecule has 0 saturated carbocycles. The van der Waals surface area contributed by atoms with Crippen molar-refractivity contribution in [3.8, 4) is 0 Å². The molecule has 1 aromatic rings. The summed E-state index contributed by atoms with van der Waals surface area (Å²) in [6.45, 7) is 5.59. The summed E-state index contributed by atoms with van der Waals surface area (Å²) in [5, 5.41) is 0. The number of carbonyl (C=O) groups excluding carboxylic acids is 1. The number of carbonyl (C=O) groups is 1. The molecule has 0 aliphatic rings. The minimum Gasteiger partial charge on any atom is -0.322 e. The number of rotatable bonds is 2. The Morgan fingerprint density at radius 1 is 1.67 bits per heavy atom. The second kappa shape index (κ2) is 3.39. The van der Waals surface area contributed by atoms with Gasteiger partial charge in [0.2, 0.25) is 0 Å². The highest BCUT2D eigenvalue weighted by Gasteiger charge is 2.10. The molecule has 0 fully saturated rings. The van der Waals surface area contributed by atoms with Gasteiger partial charge in [0, 0.05) is 19.2 Å². The van der Waals surface area contributed by atoms with Crippen LogP contribution < -0.4 is 0 Å². The van der Waals surface area contributed by atoms with Gasteiger partial charge in [-0.3, -0.25) is 4.79 Å². The van der Waals surface area contributed by atoms with Crippen LogP contribution in [0.5, 0.6) is 0 Å². The number of Topliss-reactive ketones (excluding diaryl/α,β-unsaturated/α-hetero) is 1. The lowest BCUT2D eigenvalue weighted by atomic mass is 10.3.